The van der Waals surface area contributed by atoms with Crippen molar-refractivity contribution in [2.24, 2.45) is 11.1 Å². The molecule has 6 nitrogen and oxygen atoms in total. The van der Waals surface area contributed by atoms with Crippen LogP contribution in [0.25, 0.3) is 0 Å². The van der Waals surface area contributed by atoms with Crippen LogP contribution in [0.1, 0.15) is 19.3 Å². The van der Waals surface area contributed by atoms with E-state index in [-0.39, 0.29) is 29.1 Å². The van der Waals surface area contributed by atoms with E-state index in [2.05, 4.69) is 5.32 Å². The van der Waals surface area contributed by atoms with Gasteiger partial charge in [0.25, 0.3) is 5.91 Å². The Morgan fingerprint density at radius 2 is 2.12 bits per heavy atom. The normalized spacial score (nSPS) is 25.9. The smallest absolute Gasteiger partial charge is 0.252 e. The number of nitrogens with one attached hydrogen (secondary N) is 1. The second-order valence-corrected chi connectivity index (χ2v) is 4.91. The van der Waals surface area contributed by atoms with E-state index in [4.69, 9.17) is 18.0 Å². The van der Waals surface area contributed by atoms with Gasteiger partial charge in [-0.1, -0.05) is 12.2 Å². The molecule has 1 unspecified atom stereocenters. The lowest BCUT2D eigenvalue weighted by molar-refractivity contribution is -0.138. The van der Waals surface area contributed by atoms with Crippen molar-refractivity contribution in [3.63, 3.8) is 0 Å². The number of imide groups is 1. The fourth-order valence-corrected chi connectivity index (χ4v) is 2.17. The van der Waals surface area contributed by atoms with Crippen molar-refractivity contribution in [2.75, 3.05) is 7.05 Å². The van der Waals surface area contributed by atoms with Crippen LogP contribution in [0.5, 0.6) is 0 Å². The SMILES string of the molecule is CN1C(=O)CC(NC(=O)C2(C(N)=S)CC2)C1=O. The van der Waals surface area contributed by atoms with Crippen molar-refractivity contribution in [3.05, 3.63) is 0 Å². The van der Waals surface area contributed by atoms with Gasteiger partial charge in [0, 0.05) is 7.05 Å². The lowest BCUT2D eigenvalue weighted by Crippen LogP contribution is -2.47. The Labute approximate surface area is 104 Å². The molecule has 1 aliphatic carbocycles. The highest BCUT2D eigenvalue weighted by atomic mass is 32.1. The summed E-state index contributed by atoms with van der Waals surface area (Å²) in [5, 5.41) is 2.56. The van der Waals surface area contributed by atoms with Crippen LogP contribution >= 0.6 is 12.2 Å². The highest BCUT2D eigenvalue weighted by molar-refractivity contribution is 7.80. The first-order chi connectivity index (χ1) is 7.88. The summed E-state index contributed by atoms with van der Waals surface area (Å²) in [7, 11) is 1.40. The molecular weight excluding hydrogens is 242 g/mol. The maximum Gasteiger partial charge on any atom is 0.252 e. The summed E-state index contributed by atoms with van der Waals surface area (Å²) in [6.45, 7) is 0. The minimum atomic E-state index is -0.792. The molecule has 0 aromatic heterocycles. The number of hydrogen-bond acceptors (Lipinski definition) is 4. The largest absolute Gasteiger partial charge is 0.392 e. The number of likely N-dealkylation sites (N-methyl/N-ethyl adjacent to an activating group) is 1. The minimum Gasteiger partial charge on any atom is -0.392 e. The molecule has 1 saturated carbocycles. The number of amides is 3. The average molecular weight is 255 g/mol. The number of thiocarbonyl (C=S) groups is 1. The topological polar surface area (TPSA) is 92.5 Å². The molecule has 1 atom stereocenters. The van der Waals surface area contributed by atoms with E-state index in [1.807, 2.05) is 0 Å². The summed E-state index contributed by atoms with van der Waals surface area (Å²) >= 11 is 4.84. The Morgan fingerprint density at radius 1 is 1.53 bits per heavy atom. The van der Waals surface area contributed by atoms with Crippen molar-refractivity contribution in [2.45, 2.75) is 25.3 Å². The minimum absolute atomic E-state index is 0.00842. The molecular formula is C10H13N3O3S. The quantitative estimate of drug-likeness (QED) is 0.494. The Balaban J connectivity index is 2.04. The fourth-order valence-electron chi connectivity index (χ4n) is 1.88. The zero-order chi connectivity index (χ0) is 12.8. The Morgan fingerprint density at radius 3 is 2.47 bits per heavy atom. The van der Waals surface area contributed by atoms with Gasteiger partial charge >= 0.3 is 0 Å². The van der Waals surface area contributed by atoms with E-state index in [9.17, 15) is 14.4 Å². The molecule has 0 spiro atoms. The lowest BCUT2D eigenvalue weighted by atomic mass is 10.1. The number of rotatable bonds is 3. The molecule has 0 aromatic rings. The molecule has 2 rings (SSSR count). The van der Waals surface area contributed by atoms with Gasteiger partial charge in [0.2, 0.25) is 11.8 Å². The molecule has 1 saturated heterocycles. The third-order valence-electron chi connectivity index (χ3n) is 3.34. The highest BCUT2D eigenvalue weighted by Crippen LogP contribution is 2.46. The number of hydrogen-bond donors (Lipinski definition) is 2. The highest BCUT2D eigenvalue weighted by Gasteiger charge is 2.54. The van der Waals surface area contributed by atoms with Gasteiger partial charge in [-0.05, 0) is 12.8 Å². The van der Waals surface area contributed by atoms with Crippen LogP contribution in [-0.2, 0) is 14.4 Å². The van der Waals surface area contributed by atoms with Crippen LogP contribution in [0.15, 0.2) is 0 Å². The number of carbonyl (C=O) groups excluding carboxylic acids is 3. The summed E-state index contributed by atoms with van der Waals surface area (Å²) in [5.74, 6) is -1.02. The zero-order valence-corrected chi connectivity index (χ0v) is 10.2. The standard InChI is InChI=1S/C10H13N3O3S/c1-13-6(14)4-5(7(13)15)12-9(16)10(2-3-10)8(11)17/h5H,2-4H2,1H3,(H2,11,17)(H,12,16). The van der Waals surface area contributed by atoms with E-state index in [1.165, 1.54) is 7.05 Å². The molecule has 17 heavy (non-hydrogen) atoms. The zero-order valence-electron chi connectivity index (χ0n) is 9.36. The van der Waals surface area contributed by atoms with Gasteiger partial charge in [0.15, 0.2) is 0 Å². The van der Waals surface area contributed by atoms with E-state index in [0.29, 0.717) is 12.8 Å². The molecule has 7 heteroatoms. The molecule has 3 N–H and O–H groups in total. The summed E-state index contributed by atoms with van der Waals surface area (Å²) in [4.78, 5) is 36.0. The van der Waals surface area contributed by atoms with Gasteiger partial charge in [-0.2, -0.15) is 0 Å². The number of likely N-dealkylation sites (tertiary alicyclic amines) is 1. The van der Waals surface area contributed by atoms with Crippen LogP contribution in [0, 0.1) is 5.41 Å². The average Bonchev–Trinajstić information content (AvgIpc) is 3.02. The monoisotopic (exact) mass is 255 g/mol. The van der Waals surface area contributed by atoms with Crippen LogP contribution < -0.4 is 11.1 Å². The van der Waals surface area contributed by atoms with E-state index < -0.39 is 11.5 Å². The van der Waals surface area contributed by atoms with Crippen molar-refractivity contribution < 1.29 is 14.4 Å². The summed E-state index contributed by atoms with van der Waals surface area (Å²) in [6.07, 6.45) is 1.23. The molecule has 2 aliphatic rings. The molecule has 1 heterocycles. The lowest BCUT2D eigenvalue weighted by Gasteiger charge is -2.16. The van der Waals surface area contributed by atoms with Gasteiger partial charge in [0.05, 0.1) is 16.8 Å². The van der Waals surface area contributed by atoms with Crippen LogP contribution in [0.3, 0.4) is 0 Å². The maximum atomic E-state index is 11.9. The van der Waals surface area contributed by atoms with Crippen LogP contribution in [-0.4, -0.2) is 40.7 Å². The van der Waals surface area contributed by atoms with Crippen molar-refractivity contribution in [1.82, 2.24) is 10.2 Å². The Bertz CT molecular complexity index is 431. The van der Waals surface area contributed by atoms with Crippen LogP contribution in [0.2, 0.25) is 0 Å². The fraction of sp³-hybridized carbons (Fsp3) is 0.600. The van der Waals surface area contributed by atoms with Gasteiger partial charge in [0.1, 0.15) is 6.04 Å². The molecule has 0 radical (unpaired) electrons. The number of nitrogens with two attached hydrogens (primary N) is 1. The third-order valence-corrected chi connectivity index (χ3v) is 3.73. The number of carbonyl (C=O) groups is 3. The van der Waals surface area contributed by atoms with Gasteiger partial charge in [-0.3, -0.25) is 19.3 Å². The second-order valence-electron chi connectivity index (χ2n) is 4.47. The third kappa shape index (κ3) is 1.80. The predicted molar refractivity (Wildman–Crippen MR) is 62.8 cm³/mol. The first-order valence-electron chi connectivity index (χ1n) is 5.30. The Kier molecular flexibility index (Phi) is 2.65. The molecule has 2 fully saturated rings. The number of nitrogens with zero attached hydrogens (tertiary/aromatic N) is 1. The molecule has 1 aliphatic heterocycles. The van der Waals surface area contributed by atoms with Gasteiger partial charge < -0.3 is 11.1 Å². The van der Waals surface area contributed by atoms with Crippen LogP contribution in [0.4, 0.5) is 0 Å². The van der Waals surface area contributed by atoms with Crippen molar-refractivity contribution in [3.8, 4) is 0 Å². The van der Waals surface area contributed by atoms with E-state index in [1.54, 1.807) is 0 Å². The molecule has 0 aromatic carbocycles. The van der Waals surface area contributed by atoms with E-state index >= 15 is 0 Å². The first kappa shape index (κ1) is 12.0. The Hall–Kier alpha value is -1.50. The summed E-state index contributed by atoms with van der Waals surface area (Å²) in [6, 6.07) is -0.771. The van der Waals surface area contributed by atoms with Gasteiger partial charge in [-0.15, -0.1) is 0 Å². The first-order valence-corrected chi connectivity index (χ1v) is 5.70. The summed E-state index contributed by atoms with van der Waals surface area (Å²) in [5.41, 5.74) is 4.71. The van der Waals surface area contributed by atoms with Crippen molar-refractivity contribution >= 4 is 34.9 Å². The second kappa shape index (κ2) is 3.76. The van der Waals surface area contributed by atoms with Crippen molar-refractivity contribution in [1.29, 1.82) is 0 Å². The molecule has 0 bridgehead atoms. The molecule has 3 amide bonds. The molecule has 92 valence electrons. The van der Waals surface area contributed by atoms with E-state index in [0.717, 1.165) is 4.90 Å². The predicted octanol–water partition coefficient (Wildman–Crippen LogP) is -1.07. The maximum absolute atomic E-state index is 11.9. The van der Waals surface area contributed by atoms with Gasteiger partial charge in [-0.25, -0.2) is 0 Å². The summed E-state index contributed by atoms with van der Waals surface area (Å²) < 4.78 is 0.